The molecule has 1 aromatic heterocycles. The molecule has 4 rings (SSSR count). The number of hydrogen-bond donors (Lipinski definition) is 2. The summed E-state index contributed by atoms with van der Waals surface area (Å²) in [7, 11) is 0. The number of rotatable bonds is 2. The summed E-state index contributed by atoms with van der Waals surface area (Å²) in [6.07, 6.45) is 7.55. The average molecular weight is 345 g/mol. The molecule has 2 aliphatic heterocycles. The first-order valence-electron chi connectivity index (χ1n) is 9.62. The number of aromatic nitrogens is 2. The topological polar surface area (TPSA) is 79.3 Å². The Labute approximate surface area is 148 Å². The zero-order valence-electron chi connectivity index (χ0n) is 14.7. The number of piperidine rings is 1. The predicted molar refractivity (Wildman–Crippen MR) is 93.5 cm³/mol. The molecule has 1 atom stereocenters. The van der Waals surface area contributed by atoms with Crippen LogP contribution in [0.3, 0.4) is 0 Å². The minimum Gasteiger partial charge on any atom is -0.351 e. The molecule has 0 aromatic carbocycles. The number of fused-ring (bicyclic) bond motifs is 1. The van der Waals surface area contributed by atoms with Gasteiger partial charge < -0.3 is 15.5 Å². The molecular formula is C18H27N5O2. The Morgan fingerprint density at radius 3 is 2.84 bits per heavy atom. The highest BCUT2D eigenvalue weighted by molar-refractivity contribution is 5.92. The Kier molecular flexibility index (Phi) is 4.63. The summed E-state index contributed by atoms with van der Waals surface area (Å²) in [6, 6.07) is 2.33. The highest BCUT2D eigenvalue weighted by Gasteiger charge is 2.29. The number of carbonyl (C=O) groups excluding carboxylic acids is 2. The van der Waals surface area contributed by atoms with Crippen LogP contribution in [0.1, 0.15) is 67.0 Å². The van der Waals surface area contributed by atoms with Crippen molar-refractivity contribution in [2.45, 2.75) is 63.5 Å². The molecular weight excluding hydrogens is 318 g/mol. The lowest BCUT2D eigenvalue weighted by atomic mass is 9.95. The first-order valence-corrected chi connectivity index (χ1v) is 9.62. The van der Waals surface area contributed by atoms with Crippen LogP contribution in [0.5, 0.6) is 0 Å². The first kappa shape index (κ1) is 16.4. The summed E-state index contributed by atoms with van der Waals surface area (Å²) in [4.78, 5) is 26.6. The van der Waals surface area contributed by atoms with Crippen molar-refractivity contribution in [2.75, 3.05) is 19.6 Å². The molecule has 0 radical (unpaired) electrons. The molecule has 0 bridgehead atoms. The van der Waals surface area contributed by atoms with Crippen LogP contribution in [0.2, 0.25) is 0 Å². The van der Waals surface area contributed by atoms with Gasteiger partial charge in [-0.3, -0.25) is 9.48 Å². The van der Waals surface area contributed by atoms with Gasteiger partial charge in [-0.25, -0.2) is 4.79 Å². The predicted octanol–water partition coefficient (Wildman–Crippen LogP) is 1.85. The Morgan fingerprint density at radius 2 is 2.00 bits per heavy atom. The number of carbonyl (C=O) groups is 2. The Bertz CT molecular complexity index is 650. The molecule has 3 amide bonds. The van der Waals surface area contributed by atoms with Gasteiger partial charge in [0.05, 0.1) is 5.69 Å². The summed E-state index contributed by atoms with van der Waals surface area (Å²) < 4.78 is 1.83. The minimum atomic E-state index is -0.0390. The second-order valence-corrected chi connectivity index (χ2v) is 7.50. The molecule has 3 aliphatic rings. The van der Waals surface area contributed by atoms with Crippen LogP contribution in [0.25, 0.3) is 0 Å². The Hall–Kier alpha value is -2.05. The van der Waals surface area contributed by atoms with Crippen molar-refractivity contribution in [3.05, 3.63) is 17.5 Å². The summed E-state index contributed by atoms with van der Waals surface area (Å²) in [5.41, 5.74) is 1.60. The number of likely N-dealkylation sites (tertiary alicyclic amines) is 1. The summed E-state index contributed by atoms with van der Waals surface area (Å²) in [5.74, 6) is 0.179. The van der Waals surface area contributed by atoms with Crippen LogP contribution in [0, 0.1) is 0 Å². The normalized spacial score (nSPS) is 24.6. The SMILES string of the molecule is O=C1NCCCn2nc(C3CCCN(C(=O)NC4CCCC4)C3)cc21. The first-order chi connectivity index (χ1) is 12.2. The minimum absolute atomic E-state index is 0.0390. The van der Waals surface area contributed by atoms with Gasteiger partial charge in [0, 0.05) is 38.1 Å². The summed E-state index contributed by atoms with van der Waals surface area (Å²) in [6.45, 7) is 2.97. The van der Waals surface area contributed by atoms with Gasteiger partial charge in [0.2, 0.25) is 0 Å². The summed E-state index contributed by atoms with van der Waals surface area (Å²) >= 11 is 0. The zero-order chi connectivity index (χ0) is 17.2. The van der Waals surface area contributed by atoms with E-state index in [4.69, 9.17) is 0 Å². The fourth-order valence-corrected chi connectivity index (χ4v) is 4.25. The van der Waals surface area contributed by atoms with Crippen molar-refractivity contribution in [1.29, 1.82) is 0 Å². The molecule has 1 saturated carbocycles. The van der Waals surface area contributed by atoms with E-state index in [1.807, 2.05) is 15.6 Å². The van der Waals surface area contributed by atoms with Crippen molar-refractivity contribution < 1.29 is 9.59 Å². The number of urea groups is 1. The van der Waals surface area contributed by atoms with Gasteiger partial charge in [0.15, 0.2) is 0 Å². The second-order valence-electron chi connectivity index (χ2n) is 7.50. The van der Waals surface area contributed by atoms with Crippen molar-refractivity contribution in [2.24, 2.45) is 0 Å². The highest BCUT2D eigenvalue weighted by atomic mass is 16.2. The maximum atomic E-state index is 12.5. The van der Waals surface area contributed by atoms with E-state index in [0.29, 0.717) is 24.8 Å². The number of amides is 3. The van der Waals surface area contributed by atoms with Gasteiger partial charge in [-0.2, -0.15) is 5.10 Å². The van der Waals surface area contributed by atoms with Crippen LogP contribution >= 0.6 is 0 Å². The number of hydrogen-bond acceptors (Lipinski definition) is 3. The molecule has 2 fully saturated rings. The molecule has 0 spiro atoms. The quantitative estimate of drug-likeness (QED) is 0.858. The van der Waals surface area contributed by atoms with Gasteiger partial charge in [-0.05, 0) is 38.2 Å². The molecule has 1 unspecified atom stereocenters. The Balaban J connectivity index is 1.43. The zero-order valence-corrected chi connectivity index (χ0v) is 14.7. The van der Waals surface area contributed by atoms with E-state index in [1.165, 1.54) is 12.8 Å². The molecule has 3 heterocycles. The fourth-order valence-electron chi connectivity index (χ4n) is 4.25. The molecule has 1 aliphatic carbocycles. The summed E-state index contributed by atoms with van der Waals surface area (Å²) in [5, 5.41) is 10.8. The van der Waals surface area contributed by atoms with Crippen molar-refractivity contribution in [3.8, 4) is 0 Å². The van der Waals surface area contributed by atoms with E-state index < -0.39 is 0 Å². The molecule has 25 heavy (non-hydrogen) atoms. The largest absolute Gasteiger partial charge is 0.351 e. The van der Waals surface area contributed by atoms with E-state index in [-0.39, 0.29) is 17.9 Å². The highest BCUT2D eigenvalue weighted by Crippen LogP contribution is 2.27. The number of aryl methyl sites for hydroxylation is 1. The molecule has 1 aromatic rings. The van der Waals surface area contributed by atoms with E-state index in [0.717, 1.165) is 50.9 Å². The van der Waals surface area contributed by atoms with Crippen molar-refractivity contribution >= 4 is 11.9 Å². The van der Waals surface area contributed by atoms with Gasteiger partial charge >= 0.3 is 6.03 Å². The molecule has 7 heteroatoms. The lowest BCUT2D eigenvalue weighted by Crippen LogP contribution is -2.47. The Morgan fingerprint density at radius 1 is 1.16 bits per heavy atom. The average Bonchev–Trinajstić information content (AvgIpc) is 3.25. The third-order valence-electron chi connectivity index (χ3n) is 5.67. The van der Waals surface area contributed by atoms with E-state index >= 15 is 0 Å². The lowest BCUT2D eigenvalue weighted by Gasteiger charge is -2.33. The van der Waals surface area contributed by atoms with E-state index in [2.05, 4.69) is 15.7 Å². The fraction of sp³-hybridized carbons (Fsp3) is 0.722. The van der Waals surface area contributed by atoms with E-state index in [1.54, 1.807) is 0 Å². The van der Waals surface area contributed by atoms with E-state index in [9.17, 15) is 9.59 Å². The maximum Gasteiger partial charge on any atom is 0.317 e. The van der Waals surface area contributed by atoms with Crippen LogP contribution in [0.4, 0.5) is 4.79 Å². The van der Waals surface area contributed by atoms with Crippen molar-refractivity contribution in [1.82, 2.24) is 25.3 Å². The monoisotopic (exact) mass is 345 g/mol. The van der Waals surface area contributed by atoms with Gasteiger partial charge in [-0.1, -0.05) is 12.8 Å². The van der Waals surface area contributed by atoms with Crippen molar-refractivity contribution in [3.63, 3.8) is 0 Å². The van der Waals surface area contributed by atoms with Gasteiger partial charge in [0.1, 0.15) is 5.69 Å². The number of nitrogens with zero attached hydrogens (tertiary/aromatic N) is 3. The molecule has 2 N–H and O–H groups in total. The standard InChI is InChI=1S/C18H27N5O2/c24-17-16-11-15(21-23(16)10-4-8-19-17)13-5-3-9-22(12-13)18(25)20-14-6-1-2-7-14/h11,13-14H,1-10,12H2,(H,19,24)(H,20,25). The smallest absolute Gasteiger partial charge is 0.317 e. The maximum absolute atomic E-state index is 12.5. The van der Waals surface area contributed by atoms with Crippen LogP contribution in [0.15, 0.2) is 6.07 Å². The molecule has 136 valence electrons. The number of nitrogens with one attached hydrogen (secondary N) is 2. The lowest BCUT2D eigenvalue weighted by molar-refractivity contribution is 0.0950. The van der Waals surface area contributed by atoms with Gasteiger partial charge in [0.25, 0.3) is 5.91 Å². The second kappa shape index (κ2) is 7.06. The van der Waals surface area contributed by atoms with Crippen LogP contribution in [-0.4, -0.2) is 52.3 Å². The third-order valence-corrected chi connectivity index (χ3v) is 5.67. The molecule has 7 nitrogen and oxygen atoms in total. The van der Waals surface area contributed by atoms with Gasteiger partial charge in [-0.15, -0.1) is 0 Å². The third kappa shape index (κ3) is 3.50. The van der Waals surface area contributed by atoms with Crippen LogP contribution in [-0.2, 0) is 6.54 Å². The van der Waals surface area contributed by atoms with Crippen LogP contribution < -0.4 is 10.6 Å². The molecule has 1 saturated heterocycles.